The average molecular weight is 323 g/mol. The van der Waals surface area contributed by atoms with Gasteiger partial charge in [-0.05, 0) is 63.2 Å². The van der Waals surface area contributed by atoms with Crippen molar-refractivity contribution in [1.82, 2.24) is 14.1 Å². The van der Waals surface area contributed by atoms with Crippen LogP contribution in [0, 0.1) is 24.7 Å². The molecular formula is C16H25N3O2S. The third-order valence-corrected chi connectivity index (χ3v) is 8.35. The zero-order valence-corrected chi connectivity index (χ0v) is 14.4. The number of rotatable bonds is 3. The topological polar surface area (TPSA) is 55.2 Å². The number of hydrogen-bond donors (Lipinski definition) is 0. The van der Waals surface area contributed by atoms with Crippen molar-refractivity contribution in [2.75, 3.05) is 7.05 Å². The summed E-state index contributed by atoms with van der Waals surface area (Å²) in [6, 6.07) is 0. The zero-order chi connectivity index (χ0) is 15.7. The first-order valence-corrected chi connectivity index (χ1v) is 9.73. The summed E-state index contributed by atoms with van der Waals surface area (Å²) in [4.78, 5) is 0.369. The maximum Gasteiger partial charge on any atom is 0.246 e. The summed E-state index contributed by atoms with van der Waals surface area (Å²) < 4.78 is 29.6. The van der Waals surface area contributed by atoms with Gasteiger partial charge in [-0.1, -0.05) is 0 Å². The normalized spacial score (nSPS) is 37.2. The molecule has 0 atom stereocenters. The SMILES string of the molecule is Cc1nn(C)cc1S(=O)(=O)N(C)C12CC3CC(CC(C3)C1)C2. The molecule has 0 unspecified atom stereocenters. The molecule has 5 rings (SSSR count). The first-order valence-electron chi connectivity index (χ1n) is 8.29. The molecule has 4 aliphatic rings. The Balaban J connectivity index is 1.72. The van der Waals surface area contributed by atoms with Crippen LogP contribution in [-0.4, -0.2) is 35.1 Å². The quantitative estimate of drug-likeness (QED) is 0.858. The Morgan fingerprint density at radius 2 is 1.68 bits per heavy atom. The van der Waals surface area contributed by atoms with Crippen LogP contribution in [0.5, 0.6) is 0 Å². The van der Waals surface area contributed by atoms with Gasteiger partial charge in [0.05, 0.1) is 5.69 Å². The van der Waals surface area contributed by atoms with Gasteiger partial charge in [-0.15, -0.1) is 0 Å². The molecule has 5 nitrogen and oxygen atoms in total. The fraction of sp³-hybridized carbons (Fsp3) is 0.812. The van der Waals surface area contributed by atoms with E-state index in [0.717, 1.165) is 37.0 Å². The number of nitrogens with zero attached hydrogens (tertiary/aromatic N) is 3. The van der Waals surface area contributed by atoms with Crippen molar-refractivity contribution in [1.29, 1.82) is 0 Å². The smallest absolute Gasteiger partial charge is 0.246 e. The Kier molecular flexibility index (Phi) is 3.05. The number of sulfonamides is 1. The first-order chi connectivity index (χ1) is 10.3. The molecule has 0 amide bonds. The predicted molar refractivity (Wildman–Crippen MR) is 83.8 cm³/mol. The van der Waals surface area contributed by atoms with Crippen LogP contribution in [0.25, 0.3) is 0 Å². The van der Waals surface area contributed by atoms with Crippen LogP contribution >= 0.6 is 0 Å². The summed E-state index contributed by atoms with van der Waals surface area (Å²) in [6.45, 7) is 1.78. The van der Waals surface area contributed by atoms with Crippen molar-refractivity contribution in [3.8, 4) is 0 Å². The Hall–Kier alpha value is -0.880. The zero-order valence-electron chi connectivity index (χ0n) is 13.6. The molecule has 4 fully saturated rings. The highest BCUT2D eigenvalue weighted by atomic mass is 32.2. The van der Waals surface area contributed by atoms with E-state index in [9.17, 15) is 8.42 Å². The van der Waals surface area contributed by atoms with Gasteiger partial charge in [-0.3, -0.25) is 4.68 Å². The van der Waals surface area contributed by atoms with E-state index < -0.39 is 10.0 Å². The second-order valence-electron chi connectivity index (χ2n) is 7.87. The summed E-state index contributed by atoms with van der Waals surface area (Å²) in [5, 5.41) is 4.22. The lowest BCUT2D eigenvalue weighted by atomic mass is 9.53. The van der Waals surface area contributed by atoms with E-state index >= 15 is 0 Å². The van der Waals surface area contributed by atoms with Gasteiger partial charge in [-0.2, -0.15) is 9.40 Å². The summed E-state index contributed by atoms with van der Waals surface area (Å²) in [7, 11) is 0.114. The Bertz CT molecular complexity index is 672. The van der Waals surface area contributed by atoms with Gasteiger partial charge in [0.1, 0.15) is 4.90 Å². The van der Waals surface area contributed by atoms with E-state index in [1.807, 2.05) is 0 Å². The highest BCUT2D eigenvalue weighted by Crippen LogP contribution is 2.58. The molecule has 0 aromatic carbocycles. The van der Waals surface area contributed by atoms with E-state index in [-0.39, 0.29) is 5.54 Å². The van der Waals surface area contributed by atoms with Crippen molar-refractivity contribution in [2.45, 2.75) is 55.9 Å². The molecule has 6 heteroatoms. The van der Waals surface area contributed by atoms with E-state index in [1.54, 1.807) is 36.2 Å². The number of aryl methyl sites for hydroxylation is 2. The molecule has 1 aromatic heterocycles. The largest absolute Gasteiger partial charge is 0.274 e. The lowest BCUT2D eigenvalue weighted by Crippen LogP contribution is -2.60. The van der Waals surface area contributed by atoms with Crippen molar-refractivity contribution in [2.24, 2.45) is 24.8 Å². The minimum absolute atomic E-state index is 0.143. The van der Waals surface area contributed by atoms with E-state index in [0.29, 0.717) is 10.6 Å². The molecule has 4 saturated carbocycles. The highest BCUT2D eigenvalue weighted by molar-refractivity contribution is 7.89. The minimum Gasteiger partial charge on any atom is -0.274 e. The first kappa shape index (κ1) is 14.7. The van der Waals surface area contributed by atoms with Crippen LogP contribution in [0.2, 0.25) is 0 Å². The van der Waals surface area contributed by atoms with Gasteiger partial charge in [0.15, 0.2) is 0 Å². The van der Waals surface area contributed by atoms with Crippen LogP contribution in [-0.2, 0) is 17.1 Å². The third-order valence-electron chi connectivity index (χ3n) is 6.28. The van der Waals surface area contributed by atoms with Gasteiger partial charge in [-0.25, -0.2) is 8.42 Å². The van der Waals surface area contributed by atoms with Crippen molar-refractivity contribution in [3.63, 3.8) is 0 Å². The second kappa shape index (κ2) is 4.57. The average Bonchev–Trinajstić information content (AvgIpc) is 2.76. The molecule has 122 valence electrons. The van der Waals surface area contributed by atoms with Gasteiger partial charge in [0.2, 0.25) is 10.0 Å². The van der Waals surface area contributed by atoms with Crippen LogP contribution < -0.4 is 0 Å². The molecule has 4 aliphatic carbocycles. The molecule has 0 saturated heterocycles. The number of hydrogen-bond acceptors (Lipinski definition) is 3. The minimum atomic E-state index is -3.46. The highest BCUT2D eigenvalue weighted by Gasteiger charge is 2.55. The molecule has 1 aromatic rings. The van der Waals surface area contributed by atoms with Crippen molar-refractivity contribution >= 4 is 10.0 Å². The van der Waals surface area contributed by atoms with Crippen LogP contribution in [0.15, 0.2) is 11.1 Å². The van der Waals surface area contributed by atoms with Crippen LogP contribution in [0.3, 0.4) is 0 Å². The molecule has 0 radical (unpaired) electrons. The maximum atomic E-state index is 13.2. The molecule has 0 N–H and O–H groups in total. The fourth-order valence-electron chi connectivity index (χ4n) is 5.68. The predicted octanol–water partition coefficient (Wildman–Crippen LogP) is 2.32. The van der Waals surface area contributed by atoms with Crippen molar-refractivity contribution < 1.29 is 8.42 Å². The number of aromatic nitrogens is 2. The summed E-state index contributed by atoms with van der Waals surface area (Å²) in [5.74, 6) is 2.21. The molecule has 0 aliphatic heterocycles. The molecule has 1 heterocycles. The summed E-state index contributed by atoms with van der Waals surface area (Å²) >= 11 is 0. The fourth-order valence-corrected chi connectivity index (χ4v) is 7.41. The van der Waals surface area contributed by atoms with Gasteiger partial charge < -0.3 is 0 Å². The van der Waals surface area contributed by atoms with Gasteiger partial charge >= 0.3 is 0 Å². The second-order valence-corrected chi connectivity index (χ2v) is 9.80. The lowest BCUT2D eigenvalue weighted by Gasteiger charge is -2.59. The molecule has 4 bridgehead atoms. The Morgan fingerprint density at radius 3 is 2.09 bits per heavy atom. The summed E-state index contributed by atoms with van der Waals surface area (Å²) in [6.07, 6.45) is 8.75. The molecule has 0 spiro atoms. The maximum absolute atomic E-state index is 13.2. The van der Waals surface area contributed by atoms with Gasteiger partial charge in [0, 0.05) is 25.8 Å². The van der Waals surface area contributed by atoms with E-state index in [2.05, 4.69) is 5.10 Å². The van der Waals surface area contributed by atoms with E-state index in [1.165, 1.54) is 19.3 Å². The van der Waals surface area contributed by atoms with E-state index in [4.69, 9.17) is 0 Å². The lowest BCUT2D eigenvalue weighted by molar-refractivity contribution is -0.0495. The Morgan fingerprint density at radius 1 is 1.18 bits per heavy atom. The Labute approximate surface area is 132 Å². The standard InChI is InChI=1S/C16H25N3O2S/c1-11-15(10-18(2)17-11)22(20,21)19(3)16-7-12-4-13(8-16)6-14(5-12)9-16/h10,12-14H,4-9H2,1-3H3. The molecular weight excluding hydrogens is 298 g/mol. The van der Waals surface area contributed by atoms with Crippen molar-refractivity contribution in [3.05, 3.63) is 11.9 Å². The van der Waals surface area contributed by atoms with Crippen LogP contribution in [0.1, 0.15) is 44.2 Å². The third kappa shape index (κ3) is 1.99. The van der Waals surface area contributed by atoms with Crippen LogP contribution in [0.4, 0.5) is 0 Å². The summed E-state index contributed by atoms with van der Waals surface area (Å²) in [5.41, 5.74) is 0.453. The molecule has 22 heavy (non-hydrogen) atoms. The van der Waals surface area contributed by atoms with Gasteiger partial charge in [0.25, 0.3) is 0 Å². The monoisotopic (exact) mass is 323 g/mol.